The number of hydrogen-bond donors (Lipinski definition) is 2. The van der Waals surface area contributed by atoms with E-state index in [2.05, 4.69) is 5.32 Å². The maximum absolute atomic E-state index is 12.4. The lowest BCUT2D eigenvalue weighted by molar-refractivity contribution is -0.144. The number of amides is 1. The molecule has 1 atom stereocenters. The van der Waals surface area contributed by atoms with E-state index < -0.39 is 11.9 Å². The van der Waals surface area contributed by atoms with Crippen molar-refractivity contribution in [3.63, 3.8) is 0 Å². The Morgan fingerprint density at radius 3 is 1.49 bits per heavy atom. The van der Waals surface area contributed by atoms with Crippen LogP contribution in [0.5, 0.6) is 0 Å². The molecule has 0 rings (SSSR count). The summed E-state index contributed by atoms with van der Waals surface area (Å²) in [6.07, 6.45) is 18.4. The Hall–Kier alpha value is -2.54. The molecule has 296 valence electrons. The van der Waals surface area contributed by atoms with Gasteiger partial charge in [0.25, 0.3) is 0 Å². The fourth-order valence-electron chi connectivity index (χ4n) is 5.45. The highest BCUT2D eigenvalue weighted by Crippen LogP contribution is 2.17. The number of unbranched alkanes of at least 4 members (excludes halogenated alkanes) is 13. The minimum Gasteiger partial charge on any atom is -0.481 e. The Kier molecular flexibility index (Phi) is 34.1. The number of carbonyl (C=O) groups excluding carboxylic acids is 5. The molecule has 0 heterocycles. The van der Waals surface area contributed by atoms with E-state index in [1.807, 2.05) is 0 Å². The third-order valence-corrected chi connectivity index (χ3v) is 8.40. The highest BCUT2D eigenvalue weighted by molar-refractivity contribution is 5.84. The second kappa shape index (κ2) is 35.8. The topological polar surface area (TPSA) is 172 Å². The van der Waals surface area contributed by atoms with Gasteiger partial charge in [-0.2, -0.15) is 0 Å². The predicted octanol–water partition coefficient (Wildman–Crippen LogP) is 6.38. The minimum absolute atomic E-state index is 0.0109. The SMILES string of the molecule is CC(=O)CCCCCCCCCCCCCCCCC(=O)C[C@@H](CCC(=O)NCCOCCOCC(=O)CCCOCCOCC(C)=O)C(=O)O. The van der Waals surface area contributed by atoms with E-state index >= 15 is 0 Å². The fourth-order valence-corrected chi connectivity index (χ4v) is 5.45. The molecular weight excluding hydrogens is 658 g/mol. The number of hydrogen-bond acceptors (Lipinski definition) is 10. The van der Waals surface area contributed by atoms with E-state index in [-0.39, 0.29) is 82.1 Å². The van der Waals surface area contributed by atoms with Gasteiger partial charge < -0.3 is 34.2 Å². The van der Waals surface area contributed by atoms with E-state index in [4.69, 9.17) is 18.9 Å². The van der Waals surface area contributed by atoms with Gasteiger partial charge in [-0.1, -0.05) is 77.0 Å². The second-order valence-electron chi connectivity index (χ2n) is 13.5. The van der Waals surface area contributed by atoms with Crippen molar-refractivity contribution in [3.8, 4) is 0 Å². The number of ether oxygens (including phenoxy) is 4. The van der Waals surface area contributed by atoms with Crippen LogP contribution in [0.4, 0.5) is 0 Å². The first kappa shape index (κ1) is 48.5. The van der Waals surface area contributed by atoms with Gasteiger partial charge in [-0.05, 0) is 39.5 Å². The van der Waals surface area contributed by atoms with E-state index in [0.29, 0.717) is 44.9 Å². The number of Topliss-reactive ketones (excluding diaryl/α,β-unsaturated/α-hetero) is 4. The van der Waals surface area contributed by atoms with Crippen molar-refractivity contribution in [2.45, 2.75) is 149 Å². The molecule has 0 saturated carbocycles. The van der Waals surface area contributed by atoms with Crippen LogP contribution in [0, 0.1) is 5.92 Å². The first-order chi connectivity index (χ1) is 24.6. The molecule has 0 aromatic heterocycles. The van der Waals surface area contributed by atoms with E-state index in [1.54, 1.807) is 6.92 Å². The summed E-state index contributed by atoms with van der Waals surface area (Å²) in [7, 11) is 0. The van der Waals surface area contributed by atoms with Crippen molar-refractivity contribution in [2.75, 3.05) is 59.4 Å². The highest BCUT2D eigenvalue weighted by atomic mass is 16.5. The molecule has 12 nitrogen and oxygen atoms in total. The third kappa shape index (κ3) is 37.0. The van der Waals surface area contributed by atoms with Crippen molar-refractivity contribution in [3.05, 3.63) is 0 Å². The van der Waals surface area contributed by atoms with Crippen LogP contribution in [0.3, 0.4) is 0 Å². The number of carbonyl (C=O) groups is 6. The number of ketones is 4. The normalized spacial score (nSPS) is 11.7. The summed E-state index contributed by atoms with van der Waals surface area (Å²) in [6, 6.07) is 0. The molecule has 0 radical (unpaired) electrons. The lowest BCUT2D eigenvalue weighted by Gasteiger charge is -2.12. The second-order valence-corrected chi connectivity index (χ2v) is 13.5. The maximum Gasteiger partial charge on any atom is 0.306 e. The van der Waals surface area contributed by atoms with Gasteiger partial charge in [-0.25, -0.2) is 0 Å². The zero-order chi connectivity index (χ0) is 37.8. The highest BCUT2D eigenvalue weighted by Gasteiger charge is 2.22. The van der Waals surface area contributed by atoms with Gasteiger partial charge in [0.2, 0.25) is 5.91 Å². The lowest BCUT2D eigenvalue weighted by Crippen LogP contribution is -2.29. The van der Waals surface area contributed by atoms with Gasteiger partial charge in [0.1, 0.15) is 24.8 Å². The number of carboxylic acids is 1. The van der Waals surface area contributed by atoms with Gasteiger partial charge in [0.15, 0.2) is 11.6 Å². The van der Waals surface area contributed by atoms with Gasteiger partial charge in [0.05, 0.1) is 39.0 Å². The Labute approximate surface area is 306 Å². The summed E-state index contributed by atoms with van der Waals surface area (Å²) in [5.74, 6) is -2.05. The number of aliphatic carboxylic acids is 1. The Balaban J connectivity index is 3.66. The minimum atomic E-state index is -1.05. The van der Waals surface area contributed by atoms with E-state index in [9.17, 15) is 33.9 Å². The molecule has 51 heavy (non-hydrogen) atoms. The van der Waals surface area contributed by atoms with Gasteiger partial charge in [-0.3, -0.25) is 24.0 Å². The standard InChI is InChI=1S/C39H69NO11/c1-33(41)18-15-13-11-9-7-5-3-4-6-8-10-12-14-16-19-36(43)30-35(39(46)47)21-22-38(45)40-23-25-49-27-29-51-32-37(44)20-17-24-48-26-28-50-31-34(2)42/h35H,3-32H2,1-2H3,(H,40,45)(H,46,47)/t35-/m1/s1. The van der Waals surface area contributed by atoms with Crippen molar-refractivity contribution in [2.24, 2.45) is 5.92 Å². The van der Waals surface area contributed by atoms with Crippen LogP contribution in [0.25, 0.3) is 0 Å². The number of carboxylic acid groups (broad SMARTS) is 1. The zero-order valence-electron chi connectivity index (χ0n) is 31.8. The fraction of sp³-hybridized carbons (Fsp3) is 0.846. The summed E-state index contributed by atoms with van der Waals surface area (Å²) in [5.41, 5.74) is 0. The Morgan fingerprint density at radius 2 is 0.961 bits per heavy atom. The molecule has 2 N–H and O–H groups in total. The van der Waals surface area contributed by atoms with Crippen LogP contribution >= 0.6 is 0 Å². The van der Waals surface area contributed by atoms with E-state index in [0.717, 1.165) is 44.9 Å². The van der Waals surface area contributed by atoms with Crippen LogP contribution in [-0.4, -0.2) is 99.5 Å². The zero-order valence-corrected chi connectivity index (χ0v) is 31.8. The first-order valence-corrected chi connectivity index (χ1v) is 19.4. The van der Waals surface area contributed by atoms with Gasteiger partial charge >= 0.3 is 5.97 Å². The van der Waals surface area contributed by atoms with Gasteiger partial charge in [0, 0.05) is 45.3 Å². The average Bonchev–Trinajstić information content (AvgIpc) is 3.08. The molecule has 0 spiro atoms. The molecule has 0 aliphatic heterocycles. The van der Waals surface area contributed by atoms with Crippen molar-refractivity contribution in [1.82, 2.24) is 5.32 Å². The summed E-state index contributed by atoms with van der Waals surface area (Å²) in [5, 5.41) is 12.2. The van der Waals surface area contributed by atoms with Crippen LogP contribution in [0.1, 0.15) is 149 Å². The van der Waals surface area contributed by atoms with Crippen molar-refractivity contribution in [1.29, 1.82) is 0 Å². The smallest absolute Gasteiger partial charge is 0.306 e. The Morgan fingerprint density at radius 1 is 0.490 bits per heavy atom. The summed E-state index contributed by atoms with van der Waals surface area (Å²) >= 11 is 0. The van der Waals surface area contributed by atoms with Gasteiger partial charge in [-0.15, -0.1) is 0 Å². The number of nitrogens with one attached hydrogen (secondary N) is 1. The largest absolute Gasteiger partial charge is 0.481 e. The molecule has 0 aromatic carbocycles. The molecule has 0 aliphatic rings. The summed E-state index contributed by atoms with van der Waals surface area (Å²) < 4.78 is 21.1. The van der Waals surface area contributed by atoms with Crippen LogP contribution in [0.15, 0.2) is 0 Å². The monoisotopic (exact) mass is 727 g/mol. The molecule has 0 bridgehead atoms. The Bertz CT molecular complexity index is 940. The van der Waals surface area contributed by atoms with E-state index in [1.165, 1.54) is 58.3 Å². The molecule has 0 aromatic rings. The molecule has 0 fully saturated rings. The average molecular weight is 728 g/mol. The van der Waals surface area contributed by atoms with Crippen molar-refractivity contribution >= 4 is 35.0 Å². The summed E-state index contributed by atoms with van der Waals surface area (Å²) in [4.78, 5) is 69.8. The number of rotatable bonds is 40. The quantitative estimate of drug-likeness (QED) is 0.0672. The third-order valence-electron chi connectivity index (χ3n) is 8.40. The van der Waals surface area contributed by atoms with Crippen LogP contribution < -0.4 is 5.32 Å². The predicted molar refractivity (Wildman–Crippen MR) is 196 cm³/mol. The summed E-state index contributed by atoms with van der Waals surface area (Å²) in [6.45, 7) is 5.33. The maximum atomic E-state index is 12.4. The first-order valence-electron chi connectivity index (χ1n) is 19.4. The molecule has 0 aliphatic carbocycles. The molecule has 12 heteroatoms. The van der Waals surface area contributed by atoms with Crippen LogP contribution in [0.2, 0.25) is 0 Å². The van der Waals surface area contributed by atoms with Crippen LogP contribution in [-0.2, 0) is 47.7 Å². The lowest BCUT2D eigenvalue weighted by atomic mass is 9.94. The van der Waals surface area contributed by atoms with Crippen molar-refractivity contribution < 1.29 is 52.8 Å². The molecule has 0 unspecified atom stereocenters. The molecule has 1 amide bonds. The molecule has 0 saturated heterocycles. The molecular formula is C39H69NO11.